The smallest absolute Gasteiger partial charge is 0.495 e. The van der Waals surface area contributed by atoms with E-state index in [1.165, 1.54) is 30.3 Å². The lowest BCUT2D eigenvalue weighted by atomic mass is 10.0. The molecule has 0 radical (unpaired) electrons. The molecule has 0 saturated carbocycles. The lowest BCUT2D eigenvalue weighted by Gasteiger charge is -2.26. The molecule has 0 aromatic heterocycles. The number of nitrogens with zero attached hydrogens (tertiary/aromatic N) is 5. The Bertz CT molecular complexity index is 1280. The molecule has 2 aromatic carbocycles. The Kier molecular flexibility index (Phi) is 8.57. The molecule has 1 atom stereocenters. The van der Waals surface area contributed by atoms with E-state index in [-0.39, 0.29) is 46.2 Å². The molecule has 0 spiro atoms. The fraction of sp³-hybridized carbons (Fsp3) is 0.273. The predicted octanol–water partition coefficient (Wildman–Crippen LogP) is 5.24. The number of carboxylic acid groups (broad SMARTS) is 1. The number of aliphatic imine (C=N–C) groups is 1. The van der Waals surface area contributed by atoms with Gasteiger partial charge in [-0.25, -0.2) is 9.80 Å². The number of benzene rings is 2. The van der Waals surface area contributed by atoms with Crippen molar-refractivity contribution >= 4 is 46.7 Å². The Morgan fingerprint density at radius 1 is 1.32 bits per heavy atom. The lowest BCUT2D eigenvalue weighted by molar-refractivity contribution is -0.274. The summed E-state index contributed by atoms with van der Waals surface area (Å²) in [6, 6.07) is 7.13. The number of ether oxygens (including phenoxy) is 2. The van der Waals surface area contributed by atoms with Gasteiger partial charge >= 0.3 is 12.5 Å². The van der Waals surface area contributed by atoms with Crippen LogP contribution in [0.3, 0.4) is 0 Å². The minimum absolute atomic E-state index is 0.0152. The first-order valence-corrected chi connectivity index (χ1v) is 11.2. The zero-order chi connectivity index (χ0) is 27.3. The van der Waals surface area contributed by atoms with E-state index in [0.717, 1.165) is 17.0 Å². The molecule has 1 amide bonds. The second-order valence-corrected chi connectivity index (χ2v) is 8.17. The van der Waals surface area contributed by atoms with E-state index >= 15 is 0 Å². The number of methoxy groups -OCH3 is 1. The fourth-order valence-corrected chi connectivity index (χ4v) is 3.86. The van der Waals surface area contributed by atoms with Crippen molar-refractivity contribution in [1.29, 1.82) is 5.26 Å². The number of amides is 1. The topological polar surface area (TPSA) is 123 Å². The molecule has 0 saturated heterocycles. The lowest BCUT2D eigenvalue weighted by Crippen LogP contribution is -2.47. The quantitative estimate of drug-likeness (QED) is 0.282. The summed E-state index contributed by atoms with van der Waals surface area (Å²) in [5, 5.41) is 27.9. The number of carbonyl (C=O) groups is 1. The summed E-state index contributed by atoms with van der Waals surface area (Å²) < 4.78 is 47.3. The Labute approximate surface area is 219 Å². The third-order valence-corrected chi connectivity index (χ3v) is 5.86. The maximum Gasteiger partial charge on any atom is 0.573 e. The van der Waals surface area contributed by atoms with Gasteiger partial charge in [0, 0.05) is 18.2 Å². The summed E-state index contributed by atoms with van der Waals surface area (Å²) in [6.07, 6.45) is -4.55. The Morgan fingerprint density at radius 3 is 2.62 bits per heavy atom. The summed E-state index contributed by atoms with van der Waals surface area (Å²) in [5.41, 5.74) is 0.742. The summed E-state index contributed by atoms with van der Waals surface area (Å²) >= 11 is 12.2. The molecule has 37 heavy (non-hydrogen) atoms. The molecule has 10 nitrogen and oxygen atoms in total. The van der Waals surface area contributed by atoms with E-state index < -0.39 is 24.2 Å². The summed E-state index contributed by atoms with van der Waals surface area (Å²) in [5.74, 6) is -0.633. The molecule has 2 aromatic rings. The standard InChI is InChI=1S/C22H19Cl2F3N6O4/c1-3-32(21(34)35)17-10-33(31-19(17)12-4-6-14(23)15(24)8-12)20(29-11-28)30-16-9-13(37-22(25,26)27)5-7-18(16)36-2/h4-9,17H,3,10H2,1-2H3,(H,29,30)(H,34,35). The van der Waals surface area contributed by atoms with E-state index in [4.69, 9.17) is 27.9 Å². The van der Waals surface area contributed by atoms with Gasteiger partial charge in [-0.15, -0.1) is 18.2 Å². The number of halogens is 5. The van der Waals surface area contributed by atoms with Crippen LogP contribution in [0.5, 0.6) is 11.5 Å². The summed E-state index contributed by atoms with van der Waals surface area (Å²) in [6.45, 7) is 1.67. The molecule has 1 heterocycles. The monoisotopic (exact) mass is 558 g/mol. The van der Waals surface area contributed by atoms with Crippen molar-refractivity contribution in [1.82, 2.24) is 9.91 Å². The SMILES string of the molecule is CCN(C(=O)O)C1CN(/C(=N\C#N)Nc2cc(OC(F)(F)F)ccc2OC)N=C1c1ccc(Cl)c(Cl)c1. The highest BCUT2D eigenvalue weighted by molar-refractivity contribution is 6.42. The van der Waals surface area contributed by atoms with Gasteiger partial charge in [0.2, 0.25) is 12.2 Å². The molecule has 2 N–H and O–H groups in total. The molecule has 0 aliphatic carbocycles. The normalized spacial score (nSPS) is 15.6. The average molecular weight is 559 g/mol. The maximum atomic E-state index is 12.7. The third-order valence-electron chi connectivity index (χ3n) is 5.12. The first-order valence-electron chi connectivity index (χ1n) is 10.5. The van der Waals surface area contributed by atoms with E-state index in [1.54, 1.807) is 19.2 Å². The molecular formula is C22H19Cl2F3N6O4. The molecule has 15 heteroatoms. The molecule has 1 aliphatic rings. The van der Waals surface area contributed by atoms with Gasteiger partial charge in [-0.2, -0.15) is 10.4 Å². The minimum atomic E-state index is -4.93. The number of hydrogen-bond acceptors (Lipinski definition) is 6. The van der Waals surface area contributed by atoms with Gasteiger partial charge in [0.25, 0.3) is 0 Å². The Morgan fingerprint density at radius 2 is 2.05 bits per heavy atom. The number of guanidine groups is 1. The third kappa shape index (κ3) is 6.66. The first-order chi connectivity index (χ1) is 17.5. The first kappa shape index (κ1) is 27.7. The number of nitrogens with one attached hydrogen (secondary N) is 1. The molecule has 0 bridgehead atoms. The summed E-state index contributed by atoms with van der Waals surface area (Å²) in [7, 11) is 1.30. The van der Waals surface area contributed by atoms with E-state index in [0.29, 0.717) is 5.56 Å². The van der Waals surface area contributed by atoms with Crippen molar-refractivity contribution in [2.75, 3.05) is 25.5 Å². The van der Waals surface area contributed by atoms with E-state index in [2.05, 4.69) is 20.1 Å². The van der Waals surface area contributed by atoms with Crippen molar-refractivity contribution in [3.05, 3.63) is 52.0 Å². The zero-order valence-electron chi connectivity index (χ0n) is 19.3. The number of likely N-dealkylation sites (N-methyl/N-ethyl adjacent to an activating group) is 1. The van der Waals surface area contributed by atoms with Crippen LogP contribution in [0.1, 0.15) is 12.5 Å². The minimum Gasteiger partial charge on any atom is -0.495 e. The Hall–Kier alpha value is -3.89. The second kappa shape index (κ2) is 11.4. The van der Waals surface area contributed by atoms with Gasteiger partial charge in [-0.05, 0) is 31.2 Å². The predicted molar refractivity (Wildman–Crippen MR) is 130 cm³/mol. The highest BCUT2D eigenvalue weighted by Crippen LogP contribution is 2.33. The van der Waals surface area contributed by atoms with Gasteiger partial charge in [-0.1, -0.05) is 29.3 Å². The van der Waals surface area contributed by atoms with Crippen molar-refractivity contribution in [2.45, 2.75) is 19.3 Å². The van der Waals surface area contributed by atoms with Crippen LogP contribution in [0.25, 0.3) is 0 Å². The molecule has 0 fully saturated rings. The molecule has 1 aliphatic heterocycles. The number of alkyl halides is 3. The second-order valence-electron chi connectivity index (χ2n) is 7.35. The molecule has 3 rings (SSSR count). The van der Waals surface area contributed by atoms with Crippen LogP contribution >= 0.6 is 23.2 Å². The van der Waals surface area contributed by atoms with Crippen molar-refractivity contribution in [3.8, 4) is 17.7 Å². The number of nitriles is 1. The molecular weight excluding hydrogens is 540 g/mol. The van der Waals surface area contributed by atoms with Crippen LogP contribution in [0.2, 0.25) is 10.0 Å². The van der Waals surface area contributed by atoms with Crippen LogP contribution < -0.4 is 14.8 Å². The highest BCUT2D eigenvalue weighted by atomic mass is 35.5. The maximum absolute atomic E-state index is 12.7. The van der Waals surface area contributed by atoms with E-state index in [1.807, 2.05) is 0 Å². The zero-order valence-corrected chi connectivity index (χ0v) is 20.8. The van der Waals surface area contributed by atoms with Gasteiger partial charge in [0.1, 0.15) is 11.5 Å². The van der Waals surface area contributed by atoms with Crippen LogP contribution in [0.4, 0.5) is 23.7 Å². The van der Waals surface area contributed by atoms with Crippen LogP contribution in [-0.2, 0) is 0 Å². The molecule has 196 valence electrons. The number of anilines is 1. The number of rotatable bonds is 6. The van der Waals surface area contributed by atoms with Gasteiger partial charge in [0.05, 0.1) is 41.1 Å². The fourth-order valence-electron chi connectivity index (χ4n) is 3.56. The highest BCUT2D eigenvalue weighted by Gasteiger charge is 2.37. The largest absolute Gasteiger partial charge is 0.573 e. The number of hydrazone groups is 1. The Balaban J connectivity index is 2.03. The van der Waals surface area contributed by atoms with Gasteiger partial charge in [0.15, 0.2) is 0 Å². The van der Waals surface area contributed by atoms with Gasteiger partial charge < -0.3 is 19.9 Å². The van der Waals surface area contributed by atoms with Crippen molar-refractivity contribution < 1.29 is 32.5 Å². The van der Waals surface area contributed by atoms with Crippen molar-refractivity contribution in [2.24, 2.45) is 10.1 Å². The number of hydrogen-bond donors (Lipinski definition) is 2. The van der Waals surface area contributed by atoms with Crippen molar-refractivity contribution in [3.63, 3.8) is 0 Å². The van der Waals surface area contributed by atoms with Crippen LogP contribution in [-0.4, -0.2) is 65.4 Å². The van der Waals surface area contributed by atoms with Gasteiger partial charge in [-0.3, -0.25) is 4.90 Å². The summed E-state index contributed by atoms with van der Waals surface area (Å²) in [4.78, 5) is 16.8. The van der Waals surface area contributed by atoms with Crippen LogP contribution in [0.15, 0.2) is 46.5 Å². The molecule has 1 unspecified atom stereocenters. The average Bonchev–Trinajstić information content (AvgIpc) is 3.25. The van der Waals surface area contributed by atoms with Crippen LogP contribution in [0, 0.1) is 11.5 Å². The van der Waals surface area contributed by atoms with E-state index in [9.17, 15) is 28.3 Å².